The van der Waals surface area contributed by atoms with Crippen LogP contribution in [0.3, 0.4) is 0 Å². The van der Waals surface area contributed by atoms with E-state index in [-0.39, 0.29) is 3.63 Å². The maximum absolute atomic E-state index is 7.73. The molecular weight excluding hydrogens is 524 g/mol. The molecule has 0 fully saturated rings. The number of fused-ring (bicyclic) bond motifs is 8. The molecule has 1 aromatic heterocycles. The summed E-state index contributed by atoms with van der Waals surface area (Å²) in [5, 5.41) is 1.27. The number of nitrogens with zero attached hydrogens (tertiary/aromatic N) is 1. The Morgan fingerprint density at radius 1 is 0.758 bits per heavy atom. The SMILES string of the molecule is Cn1c2c(c3ccccc31)[CH]([Zr]([Cl])([Cl])[c]1cccc3c1Cc1ccccc1-3)c1ccccc1-2. The molecule has 0 saturated carbocycles. The molecule has 4 aromatic carbocycles. The molecule has 2 aliphatic carbocycles. The van der Waals surface area contributed by atoms with Crippen LogP contribution < -0.4 is 3.27 Å². The van der Waals surface area contributed by atoms with Crippen molar-refractivity contribution in [3.05, 3.63) is 113 Å². The van der Waals surface area contributed by atoms with Crippen LogP contribution in [0.1, 0.15) is 25.9 Å². The van der Waals surface area contributed by atoms with Gasteiger partial charge in [-0.25, -0.2) is 0 Å². The molecule has 7 rings (SSSR count). The van der Waals surface area contributed by atoms with Gasteiger partial charge in [-0.3, -0.25) is 0 Å². The van der Waals surface area contributed by atoms with E-state index in [2.05, 4.69) is 103 Å². The Labute approximate surface area is 205 Å². The molecule has 0 spiro atoms. The number of aryl methyl sites for hydroxylation is 1. The summed E-state index contributed by atoms with van der Waals surface area (Å²) in [4.78, 5) is 0. The third kappa shape index (κ3) is 2.69. The second-order valence-corrected chi connectivity index (χ2v) is 23.2. The first kappa shape index (κ1) is 20.3. The third-order valence-electron chi connectivity index (χ3n) is 7.53. The quantitative estimate of drug-likeness (QED) is 0.211. The van der Waals surface area contributed by atoms with Gasteiger partial charge in [0.1, 0.15) is 0 Å². The summed E-state index contributed by atoms with van der Waals surface area (Å²) >= 11 is -3.99. The van der Waals surface area contributed by atoms with E-state index >= 15 is 0 Å². The summed E-state index contributed by atoms with van der Waals surface area (Å²) in [7, 11) is 17.6. The minimum atomic E-state index is -3.99. The van der Waals surface area contributed by atoms with Crippen molar-refractivity contribution in [3.63, 3.8) is 0 Å². The van der Waals surface area contributed by atoms with E-state index in [1.165, 1.54) is 58.8 Å². The van der Waals surface area contributed by atoms with Gasteiger partial charge in [0.05, 0.1) is 0 Å². The van der Waals surface area contributed by atoms with Gasteiger partial charge in [-0.1, -0.05) is 0 Å². The van der Waals surface area contributed by atoms with Gasteiger partial charge in [-0.05, 0) is 0 Å². The number of benzene rings is 4. The van der Waals surface area contributed by atoms with E-state index in [4.69, 9.17) is 17.0 Å². The zero-order chi connectivity index (χ0) is 22.3. The molecule has 1 heterocycles. The molecule has 0 amide bonds. The van der Waals surface area contributed by atoms with Gasteiger partial charge >= 0.3 is 206 Å². The van der Waals surface area contributed by atoms with Crippen LogP contribution in [-0.2, 0) is 31.3 Å². The monoisotopic (exact) mass is 543 g/mol. The Hall–Kier alpha value is -2.12. The molecule has 1 nitrogen and oxygen atoms in total. The van der Waals surface area contributed by atoms with Gasteiger partial charge in [0, 0.05) is 0 Å². The molecule has 1 unspecified atom stereocenters. The van der Waals surface area contributed by atoms with Gasteiger partial charge in [-0.2, -0.15) is 0 Å². The summed E-state index contributed by atoms with van der Waals surface area (Å²) in [6.07, 6.45) is 0.913. The number of rotatable bonds is 2. The van der Waals surface area contributed by atoms with E-state index in [1.807, 2.05) is 0 Å². The normalized spacial score (nSPS) is 15.9. The van der Waals surface area contributed by atoms with E-state index in [0.29, 0.717) is 0 Å². The Bertz CT molecular complexity index is 1600. The Balaban J connectivity index is 1.50. The predicted molar refractivity (Wildman–Crippen MR) is 136 cm³/mol. The molecule has 0 aliphatic heterocycles. The molecule has 0 bridgehead atoms. The minimum absolute atomic E-state index is 0.0511. The van der Waals surface area contributed by atoms with Crippen LogP contribution in [0.5, 0.6) is 0 Å². The first-order valence-corrected chi connectivity index (χ1v) is 20.3. The van der Waals surface area contributed by atoms with Gasteiger partial charge in [0.2, 0.25) is 0 Å². The fourth-order valence-corrected chi connectivity index (χ4v) is 17.2. The van der Waals surface area contributed by atoms with Crippen LogP contribution in [0.15, 0.2) is 91.0 Å². The van der Waals surface area contributed by atoms with E-state index in [0.717, 1.165) is 6.42 Å². The molecule has 5 aromatic rings. The zero-order valence-corrected chi connectivity index (χ0v) is 22.1. The number of aromatic nitrogens is 1. The molecule has 1 atom stereocenters. The summed E-state index contributed by atoms with van der Waals surface area (Å²) in [5.41, 5.74) is 11.7. The van der Waals surface area contributed by atoms with Crippen molar-refractivity contribution >= 4 is 31.2 Å². The summed E-state index contributed by atoms with van der Waals surface area (Å²) in [6.45, 7) is 0. The molecule has 160 valence electrons. The van der Waals surface area contributed by atoms with Crippen LogP contribution in [0.25, 0.3) is 33.3 Å². The summed E-state index contributed by atoms with van der Waals surface area (Å²) in [6, 6.07) is 32.7. The third-order valence-corrected chi connectivity index (χ3v) is 18.7. The van der Waals surface area contributed by atoms with Crippen LogP contribution in [-0.4, -0.2) is 4.57 Å². The van der Waals surface area contributed by atoms with Crippen molar-refractivity contribution in [2.24, 2.45) is 7.05 Å². The number of hydrogen-bond donors (Lipinski definition) is 0. The van der Waals surface area contributed by atoms with Crippen molar-refractivity contribution in [3.8, 4) is 22.4 Å². The first-order chi connectivity index (χ1) is 16.1. The average Bonchev–Trinajstić information content (AvgIpc) is 3.48. The van der Waals surface area contributed by atoms with E-state index in [9.17, 15) is 0 Å². The maximum atomic E-state index is 7.73. The van der Waals surface area contributed by atoms with Gasteiger partial charge in [0.25, 0.3) is 0 Å². The summed E-state index contributed by atoms with van der Waals surface area (Å²) in [5.74, 6) is 0. The molecule has 2 aliphatic rings. The fourth-order valence-electron chi connectivity index (χ4n) is 6.16. The van der Waals surface area contributed by atoms with Crippen molar-refractivity contribution in [2.75, 3.05) is 0 Å². The van der Waals surface area contributed by atoms with Crippen LogP contribution >= 0.6 is 17.0 Å². The summed E-state index contributed by atoms with van der Waals surface area (Å²) < 4.78 is 3.60. The van der Waals surface area contributed by atoms with Crippen molar-refractivity contribution in [1.82, 2.24) is 4.57 Å². The van der Waals surface area contributed by atoms with E-state index < -0.39 is 17.9 Å². The molecule has 0 saturated heterocycles. The Kier molecular flexibility index (Phi) is 4.42. The molecule has 0 radical (unpaired) electrons. The molecule has 33 heavy (non-hydrogen) atoms. The van der Waals surface area contributed by atoms with Crippen molar-refractivity contribution < 1.29 is 17.9 Å². The zero-order valence-electron chi connectivity index (χ0n) is 18.1. The predicted octanol–water partition coefficient (Wildman–Crippen LogP) is 7.61. The van der Waals surface area contributed by atoms with Gasteiger partial charge in [0.15, 0.2) is 0 Å². The number of para-hydroxylation sites is 1. The standard InChI is InChI=1S/C16H12N.C13H9.2ClH.Zr/c1-17-15-9-5-4-8-13(15)14-10-11-6-2-3-7-12(11)16(14)17;1-3-7-12-10(5-1)9-11-6-2-4-8-13(11)12;;;/h2-10H,1H3;1-5,7-8H,9H2;2*1H;/q;;;;+2/p-2. The van der Waals surface area contributed by atoms with Crippen LogP contribution in [0, 0.1) is 0 Å². The molecular formula is C29H21Cl2NZr. The van der Waals surface area contributed by atoms with Crippen LogP contribution in [0.4, 0.5) is 0 Å². The Morgan fingerprint density at radius 2 is 1.45 bits per heavy atom. The molecule has 0 N–H and O–H groups in total. The number of hydrogen-bond acceptors (Lipinski definition) is 0. The van der Waals surface area contributed by atoms with Crippen molar-refractivity contribution in [1.29, 1.82) is 0 Å². The second kappa shape index (κ2) is 7.19. The average molecular weight is 546 g/mol. The fraction of sp³-hybridized carbons (Fsp3) is 0.103. The first-order valence-electron chi connectivity index (χ1n) is 11.3. The van der Waals surface area contributed by atoms with Crippen molar-refractivity contribution in [2.45, 2.75) is 10.0 Å². The van der Waals surface area contributed by atoms with Crippen LogP contribution in [0.2, 0.25) is 0 Å². The van der Waals surface area contributed by atoms with Gasteiger partial charge in [-0.15, -0.1) is 0 Å². The Morgan fingerprint density at radius 3 is 2.33 bits per heavy atom. The number of halogens is 2. The van der Waals surface area contributed by atoms with Gasteiger partial charge < -0.3 is 0 Å². The second-order valence-electron chi connectivity index (χ2n) is 9.15. The molecule has 4 heteroatoms. The van der Waals surface area contributed by atoms with E-state index in [1.54, 1.807) is 0 Å². The topological polar surface area (TPSA) is 4.93 Å².